The highest BCUT2D eigenvalue weighted by molar-refractivity contribution is 9.10. The highest BCUT2D eigenvalue weighted by Gasteiger charge is 2.67. The zero-order chi connectivity index (χ0) is 34.3. The molecule has 0 radical (unpaired) electrons. The van der Waals surface area contributed by atoms with Crippen molar-refractivity contribution in [3.63, 3.8) is 0 Å². The Hall–Kier alpha value is -4.61. The number of hydrogen-bond acceptors (Lipinski definition) is 5. The van der Waals surface area contributed by atoms with Crippen molar-refractivity contribution in [3.05, 3.63) is 165 Å². The van der Waals surface area contributed by atoms with Gasteiger partial charge in [-0.3, -0.25) is 9.59 Å². The van der Waals surface area contributed by atoms with E-state index in [0.717, 1.165) is 30.5 Å². The van der Waals surface area contributed by atoms with Gasteiger partial charge >= 0.3 is 5.97 Å². The van der Waals surface area contributed by atoms with Crippen molar-refractivity contribution in [3.8, 4) is 6.07 Å². The summed E-state index contributed by atoms with van der Waals surface area (Å²) < 4.78 is 7.10. The van der Waals surface area contributed by atoms with E-state index in [1.807, 2.05) is 127 Å². The molecule has 0 spiro atoms. The Morgan fingerprint density at radius 2 is 1.27 bits per heavy atom. The lowest BCUT2D eigenvalue weighted by atomic mass is 9.47. The normalized spacial score (nSPS) is 23.5. The zero-order valence-electron chi connectivity index (χ0n) is 26.5. The Morgan fingerprint density at radius 1 is 0.735 bits per heavy atom. The SMILES string of the molecule is COC(=O)[C@]1(C#N)[C@H](c2ccc(Br)cc2)C[C@](O)(c2ccc3ccccc3c2)[C@H](C(=O)c2ccc3ccccc3c2)[C@@H]1c1ccc(Br)cc1. The lowest BCUT2D eigenvalue weighted by Crippen LogP contribution is -2.59. The number of halogens is 2. The third-order valence-corrected chi connectivity index (χ3v) is 11.2. The molecule has 0 aliphatic heterocycles. The number of rotatable bonds is 6. The second-order valence-corrected chi connectivity index (χ2v) is 14.5. The Kier molecular flexibility index (Phi) is 8.74. The van der Waals surface area contributed by atoms with Gasteiger partial charge in [0.25, 0.3) is 0 Å². The van der Waals surface area contributed by atoms with Crippen LogP contribution in [0.25, 0.3) is 21.5 Å². The van der Waals surface area contributed by atoms with Crippen LogP contribution in [0.3, 0.4) is 0 Å². The van der Waals surface area contributed by atoms with Crippen LogP contribution >= 0.6 is 31.9 Å². The predicted octanol–water partition coefficient (Wildman–Crippen LogP) is 9.86. The number of nitrogens with zero attached hydrogens (tertiary/aromatic N) is 1. The molecule has 242 valence electrons. The monoisotopic (exact) mass is 771 g/mol. The molecule has 7 rings (SSSR count). The van der Waals surface area contributed by atoms with Crippen LogP contribution in [-0.4, -0.2) is 24.0 Å². The number of esters is 1. The van der Waals surface area contributed by atoms with Gasteiger partial charge in [0.05, 0.1) is 19.1 Å². The number of ether oxygens (including phenoxy) is 1. The second-order valence-electron chi connectivity index (χ2n) is 12.7. The van der Waals surface area contributed by atoms with Gasteiger partial charge in [-0.1, -0.05) is 129 Å². The van der Waals surface area contributed by atoms with Gasteiger partial charge in [-0.15, -0.1) is 0 Å². The summed E-state index contributed by atoms with van der Waals surface area (Å²) in [7, 11) is 1.27. The summed E-state index contributed by atoms with van der Waals surface area (Å²) in [5.41, 5.74) is -1.56. The van der Waals surface area contributed by atoms with Crippen molar-refractivity contribution in [1.82, 2.24) is 0 Å². The van der Waals surface area contributed by atoms with Gasteiger partial charge in [0.2, 0.25) is 0 Å². The number of hydrogen-bond donors (Lipinski definition) is 1. The largest absolute Gasteiger partial charge is 0.468 e. The molecule has 1 aliphatic rings. The Labute approximate surface area is 301 Å². The molecule has 1 fully saturated rings. The summed E-state index contributed by atoms with van der Waals surface area (Å²) in [4.78, 5) is 29.7. The highest BCUT2D eigenvalue weighted by atomic mass is 79.9. The smallest absolute Gasteiger partial charge is 0.327 e. The zero-order valence-corrected chi connectivity index (χ0v) is 29.7. The summed E-state index contributed by atoms with van der Waals surface area (Å²) in [5.74, 6) is -4.36. The van der Waals surface area contributed by atoms with Crippen LogP contribution in [-0.2, 0) is 15.1 Å². The topological polar surface area (TPSA) is 87.4 Å². The number of aliphatic hydroxyl groups is 1. The maximum Gasteiger partial charge on any atom is 0.327 e. The minimum absolute atomic E-state index is 0.0906. The van der Waals surface area contributed by atoms with Crippen molar-refractivity contribution < 1.29 is 19.4 Å². The standard InChI is InChI=1S/C42H31Br2NO4/c1-49-40(47)41(25-45)36(28-13-18-34(43)19-14-28)24-42(48,33-17-12-27-7-3-5-9-31(27)23-33)38(37(41)29-15-20-35(44)21-16-29)39(46)32-11-10-26-6-2-4-8-30(26)22-32/h2-23,36-38,48H,24H2,1H3/t36-,37-,38-,41+,42-/m0/s1. The van der Waals surface area contributed by atoms with E-state index in [-0.39, 0.29) is 12.2 Å². The van der Waals surface area contributed by atoms with E-state index in [9.17, 15) is 15.2 Å². The number of benzene rings is 6. The van der Waals surface area contributed by atoms with Crippen molar-refractivity contribution in [2.24, 2.45) is 11.3 Å². The van der Waals surface area contributed by atoms with Gasteiger partial charge < -0.3 is 9.84 Å². The molecular formula is C42H31Br2NO4. The molecule has 49 heavy (non-hydrogen) atoms. The molecule has 0 bridgehead atoms. The number of ketones is 1. The first-order chi connectivity index (χ1) is 23.7. The minimum atomic E-state index is -1.89. The Bertz CT molecular complexity index is 2260. The Morgan fingerprint density at radius 3 is 1.84 bits per heavy atom. The van der Waals surface area contributed by atoms with Crippen molar-refractivity contribution in [1.29, 1.82) is 5.26 Å². The molecule has 6 aromatic carbocycles. The molecular weight excluding hydrogens is 742 g/mol. The summed E-state index contributed by atoms with van der Waals surface area (Å²) in [6.45, 7) is 0. The number of carbonyl (C=O) groups is 2. The van der Waals surface area contributed by atoms with E-state index in [4.69, 9.17) is 4.74 Å². The molecule has 1 saturated carbocycles. The third-order valence-electron chi connectivity index (χ3n) is 10.2. The molecule has 5 nitrogen and oxygen atoms in total. The lowest BCUT2D eigenvalue weighted by Gasteiger charge is -2.54. The van der Waals surface area contributed by atoms with E-state index in [0.29, 0.717) is 22.3 Å². The van der Waals surface area contributed by atoms with E-state index < -0.39 is 34.7 Å². The molecule has 1 N–H and O–H groups in total. The number of carbonyl (C=O) groups excluding carboxylic acids is 2. The van der Waals surface area contributed by atoms with Crippen LogP contribution in [0.15, 0.2) is 142 Å². The first-order valence-corrected chi connectivity index (χ1v) is 17.5. The average Bonchev–Trinajstić information content (AvgIpc) is 3.14. The van der Waals surface area contributed by atoms with Crippen molar-refractivity contribution in [2.75, 3.05) is 7.11 Å². The predicted molar refractivity (Wildman–Crippen MR) is 198 cm³/mol. The van der Waals surface area contributed by atoms with Crippen molar-refractivity contribution >= 4 is 65.2 Å². The molecule has 0 saturated heterocycles. The quantitative estimate of drug-likeness (QED) is 0.135. The van der Waals surface area contributed by atoms with Gasteiger partial charge in [0.1, 0.15) is 5.60 Å². The van der Waals surface area contributed by atoms with Crippen LogP contribution < -0.4 is 0 Å². The number of fused-ring (bicyclic) bond motifs is 2. The fourth-order valence-corrected chi connectivity index (χ4v) is 8.36. The first kappa shape index (κ1) is 32.9. The average molecular weight is 774 g/mol. The highest BCUT2D eigenvalue weighted by Crippen LogP contribution is 2.64. The molecule has 1 aliphatic carbocycles. The van der Waals surface area contributed by atoms with E-state index in [1.165, 1.54) is 7.11 Å². The van der Waals surface area contributed by atoms with Crippen molar-refractivity contribution in [2.45, 2.75) is 23.9 Å². The van der Waals surface area contributed by atoms with Gasteiger partial charge in [-0.2, -0.15) is 5.26 Å². The maximum atomic E-state index is 15.3. The Balaban J connectivity index is 1.57. The molecule has 7 heteroatoms. The molecule has 0 unspecified atom stereocenters. The fourth-order valence-electron chi connectivity index (χ4n) is 7.83. The summed E-state index contributed by atoms with van der Waals surface area (Å²) in [6.07, 6.45) is -0.0906. The molecule has 0 aromatic heterocycles. The number of nitriles is 1. The first-order valence-electron chi connectivity index (χ1n) is 15.9. The third kappa shape index (κ3) is 5.58. The van der Waals surface area contributed by atoms with E-state index in [2.05, 4.69) is 37.9 Å². The molecule has 0 amide bonds. The van der Waals surface area contributed by atoms with E-state index >= 15 is 4.79 Å². The minimum Gasteiger partial charge on any atom is -0.468 e. The number of methoxy groups -OCH3 is 1. The van der Waals surface area contributed by atoms with E-state index in [1.54, 1.807) is 6.07 Å². The molecule has 0 heterocycles. The molecule has 6 aromatic rings. The maximum absolute atomic E-state index is 15.3. The van der Waals surface area contributed by atoms with Gasteiger partial charge in [-0.25, -0.2) is 0 Å². The summed E-state index contributed by atoms with van der Waals surface area (Å²) >= 11 is 7.03. The lowest BCUT2D eigenvalue weighted by molar-refractivity contribution is -0.162. The van der Waals surface area contributed by atoms with Crippen LogP contribution in [0.4, 0.5) is 0 Å². The van der Waals surface area contributed by atoms with Crippen LogP contribution in [0.2, 0.25) is 0 Å². The van der Waals surface area contributed by atoms with Gasteiger partial charge in [0.15, 0.2) is 11.2 Å². The molecule has 5 atom stereocenters. The van der Waals surface area contributed by atoms with Gasteiger partial charge in [-0.05, 0) is 81.1 Å². The summed E-state index contributed by atoms with van der Waals surface area (Å²) in [6, 6.07) is 43.9. The van der Waals surface area contributed by atoms with Gasteiger partial charge in [0, 0.05) is 26.3 Å². The van der Waals surface area contributed by atoms with Crippen LogP contribution in [0, 0.1) is 22.7 Å². The summed E-state index contributed by atoms with van der Waals surface area (Å²) in [5, 5.41) is 28.5. The van der Waals surface area contributed by atoms with Crippen LogP contribution in [0.5, 0.6) is 0 Å². The van der Waals surface area contributed by atoms with Crippen LogP contribution in [0.1, 0.15) is 45.3 Å². The fraction of sp³-hybridized carbons (Fsp3) is 0.167. The number of Topliss-reactive ketones (excluding diaryl/α,β-unsaturated/α-hetero) is 1. The second kappa shape index (κ2) is 13.0.